The van der Waals surface area contributed by atoms with Gasteiger partial charge in [0.15, 0.2) is 17.3 Å². The van der Waals surface area contributed by atoms with Gasteiger partial charge in [0.2, 0.25) is 0 Å². The van der Waals surface area contributed by atoms with E-state index in [1.807, 2.05) is 14.0 Å². The van der Waals surface area contributed by atoms with Gasteiger partial charge in [0.1, 0.15) is 5.82 Å². The first-order valence-electron chi connectivity index (χ1n) is 6.32. The van der Waals surface area contributed by atoms with E-state index in [-0.39, 0.29) is 5.75 Å². The topological polar surface area (TPSA) is 67.3 Å². The van der Waals surface area contributed by atoms with Crippen molar-refractivity contribution >= 4 is 37.7 Å². The number of methoxy groups -OCH3 is 1. The molecule has 5 nitrogen and oxygen atoms in total. The van der Waals surface area contributed by atoms with Gasteiger partial charge in [-0.25, -0.2) is 9.97 Å². The average molecular weight is 417 g/mol. The second kappa shape index (κ2) is 6.62. The number of halogens is 2. The van der Waals surface area contributed by atoms with E-state index in [1.54, 1.807) is 12.1 Å². The van der Waals surface area contributed by atoms with Gasteiger partial charge >= 0.3 is 0 Å². The van der Waals surface area contributed by atoms with Crippen molar-refractivity contribution < 1.29 is 9.84 Å². The lowest BCUT2D eigenvalue weighted by molar-refractivity contribution is 0.372. The maximum absolute atomic E-state index is 9.88. The summed E-state index contributed by atoms with van der Waals surface area (Å²) in [6, 6.07) is 3.47. The molecule has 1 aromatic carbocycles. The lowest BCUT2D eigenvalue weighted by Gasteiger charge is -2.12. The van der Waals surface area contributed by atoms with E-state index in [9.17, 15) is 5.11 Å². The summed E-state index contributed by atoms with van der Waals surface area (Å²) in [5.74, 6) is 1.72. The number of hydrogen-bond donors (Lipinski definition) is 2. The summed E-state index contributed by atoms with van der Waals surface area (Å²) in [4.78, 5) is 9.05. The van der Waals surface area contributed by atoms with E-state index in [0.717, 1.165) is 28.0 Å². The molecule has 2 aromatic rings. The monoisotopic (exact) mass is 415 g/mol. The second-order valence-electron chi connectivity index (χ2n) is 4.27. The first kappa shape index (κ1) is 16.0. The van der Waals surface area contributed by atoms with Gasteiger partial charge < -0.3 is 15.2 Å². The SMILES string of the molecule is CCc1nc(-c2cc(Br)c(O)c(OC)c2)nc(NC)c1Br. The number of aromatic nitrogens is 2. The molecule has 112 valence electrons. The fourth-order valence-corrected chi connectivity index (χ4v) is 2.98. The summed E-state index contributed by atoms with van der Waals surface area (Å²) in [6.07, 6.45) is 0.779. The molecule has 0 bridgehead atoms. The zero-order valence-corrected chi connectivity index (χ0v) is 15.0. The van der Waals surface area contributed by atoms with Crippen LogP contribution in [0.15, 0.2) is 21.1 Å². The van der Waals surface area contributed by atoms with Crippen molar-refractivity contribution in [1.82, 2.24) is 9.97 Å². The summed E-state index contributed by atoms with van der Waals surface area (Å²) >= 11 is 6.81. The number of nitrogens with zero attached hydrogens (tertiary/aromatic N) is 2. The molecule has 2 N–H and O–H groups in total. The van der Waals surface area contributed by atoms with Crippen LogP contribution >= 0.6 is 31.9 Å². The molecule has 1 heterocycles. The minimum Gasteiger partial charge on any atom is -0.503 e. The van der Waals surface area contributed by atoms with Crippen molar-refractivity contribution in [3.8, 4) is 22.9 Å². The second-order valence-corrected chi connectivity index (χ2v) is 5.92. The zero-order chi connectivity index (χ0) is 15.6. The highest BCUT2D eigenvalue weighted by Crippen LogP contribution is 2.38. The van der Waals surface area contributed by atoms with E-state index in [2.05, 4.69) is 47.1 Å². The Labute approximate surface area is 140 Å². The molecular formula is C14H15Br2N3O2. The third-order valence-corrected chi connectivity index (χ3v) is 4.44. The van der Waals surface area contributed by atoms with Gasteiger partial charge in [-0.3, -0.25) is 0 Å². The Morgan fingerprint density at radius 2 is 2.00 bits per heavy atom. The highest BCUT2D eigenvalue weighted by Gasteiger charge is 2.15. The largest absolute Gasteiger partial charge is 0.503 e. The normalized spacial score (nSPS) is 10.5. The highest BCUT2D eigenvalue weighted by atomic mass is 79.9. The predicted molar refractivity (Wildman–Crippen MR) is 90.0 cm³/mol. The number of hydrogen-bond acceptors (Lipinski definition) is 5. The quantitative estimate of drug-likeness (QED) is 0.788. The number of rotatable bonds is 4. The van der Waals surface area contributed by atoms with Gasteiger partial charge in [0, 0.05) is 12.6 Å². The average Bonchev–Trinajstić information content (AvgIpc) is 2.50. The molecule has 0 atom stereocenters. The van der Waals surface area contributed by atoms with Crippen molar-refractivity contribution in [3.63, 3.8) is 0 Å². The number of phenolic OH excluding ortho intramolecular Hbond substituents is 1. The molecule has 0 aliphatic heterocycles. The summed E-state index contributed by atoms with van der Waals surface area (Å²) < 4.78 is 6.56. The maximum atomic E-state index is 9.88. The zero-order valence-electron chi connectivity index (χ0n) is 11.9. The first-order chi connectivity index (χ1) is 10.0. The Hall–Kier alpha value is -1.34. The van der Waals surface area contributed by atoms with Crippen LogP contribution in [0, 0.1) is 0 Å². The van der Waals surface area contributed by atoms with Crippen molar-refractivity contribution in [1.29, 1.82) is 0 Å². The van der Waals surface area contributed by atoms with Gasteiger partial charge in [-0.15, -0.1) is 0 Å². The summed E-state index contributed by atoms with van der Waals surface area (Å²) in [6.45, 7) is 2.03. The van der Waals surface area contributed by atoms with E-state index < -0.39 is 0 Å². The maximum Gasteiger partial charge on any atom is 0.172 e. The van der Waals surface area contributed by atoms with Gasteiger partial charge in [0.25, 0.3) is 0 Å². The summed E-state index contributed by atoms with van der Waals surface area (Å²) in [5, 5.41) is 12.9. The molecule has 21 heavy (non-hydrogen) atoms. The van der Waals surface area contributed by atoms with Crippen molar-refractivity contribution in [3.05, 3.63) is 26.8 Å². The van der Waals surface area contributed by atoms with E-state index >= 15 is 0 Å². The Bertz CT molecular complexity index is 653. The molecule has 0 saturated heterocycles. The first-order valence-corrected chi connectivity index (χ1v) is 7.91. The van der Waals surface area contributed by atoms with Gasteiger partial charge in [-0.1, -0.05) is 6.92 Å². The minimum absolute atomic E-state index is 0.0583. The molecule has 2 rings (SSSR count). The minimum atomic E-state index is 0.0583. The van der Waals surface area contributed by atoms with E-state index in [1.165, 1.54) is 7.11 Å². The molecule has 0 aliphatic carbocycles. The van der Waals surface area contributed by atoms with Crippen LogP contribution in [0.5, 0.6) is 11.5 Å². The van der Waals surface area contributed by atoms with Crippen LogP contribution in [0.2, 0.25) is 0 Å². The Balaban J connectivity index is 2.64. The number of aryl methyl sites for hydroxylation is 1. The number of anilines is 1. The molecule has 0 amide bonds. The lowest BCUT2D eigenvalue weighted by atomic mass is 10.1. The van der Waals surface area contributed by atoms with Gasteiger partial charge in [-0.2, -0.15) is 0 Å². The number of ether oxygens (including phenoxy) is 1. The van der Waals surface area contributed by atoms with Crippen LogP contribution < -0.4 is 10.1 Å². The molecular weight excluding hydrogens is 402 g/mol. The van der Waals surface area contributed by atoms with Gasteiger partial charge in [-0.05, 0) is 50.4 Å². The van der Waals surface area contributed by atoms with Crippen LogP contribution in [0.1, 0.15) is 12.6 Å². The third kappa shape index (κ3) is 3.13. The molecule has 0 unspecified atom stereocenters. The van der Waals surface area contributed by atoms with Crippen LogP contribution in [0.25, 0.3) is 11.4 Å². The summed E-state index contributed by atoms with van der Waals surface area (Å²) in [7, 11) is 3.31. The molecule has 0 radical (unpaired) electrons. The van der Waals surface area contributed by atoms with E-state index in [0.29, 0.717) is 16.0 Å². The van der Waals surface area contributed by atoms with E-state index in [4.69, 9.17) is 4.74 Å². The third-order valence-electron chi connectivity index (χ3n) is 3.00. The predicted octanol–water partition coefficient (Wildman–Crippen LogP) is 3.99. The molecule has 1 aromatic heterocycles. The highest BCUT2D eigenvalue weighted by molar-refractivity contribution is 9.11. The Morgan fingerprint density at radius 3 is 2.57 bits per heavy atom. The van der Waals surface area contributed by atoms with Crippen LogP contribution in [0.4, 0.5) is 5.82 Å². The Morgan fingerprint density at radius 1 is 1.29 bits per heavy atom. The Kier molecular flexibility index (Phi) is 5.05. The molecule has 0 saturated carbocycles. The van der Waals surface area contributed by atoms with Crippen molar-refractivity contribution in [2.45, 2.75) is 13.3 Å². The summed E-state index contributed by atoms with van der Waals surface area (Å²) in [5.41, 5.74) is 1.67. The fraction of sp³-hybridized carbons (Fsp3) is 0.286. The molecule has 7 heteroatoms. The van der Waals surface area contributed by atoms with Crippen LogP contribution in [-0.2, 0) is 6.42 Å². The standard InChI is InChI=1S/C14H15Br2N3O2/c1-4-9-11(16)14(17-2)19-13(18-9)7-5-8(15)12(20)10(6-7)21-3/h5-6,20H,4H2,1-3H3,(H,17,18,19). The number of nitrogens with one attached hydrogen (secondary N) is 1. The number of aromatic hydroxyl groups is 1. The number of phenols is 1. The van der Waals surface area contributed by atoms with Crippen molar-refractivity contribution in [2.75, 3.05) is 19.5 Å². The molecule has 0 spiro atoms. The van der Waals surface area contributed by atoms with Crippen LogP contribution in [-0.4, -0.2) is 29.2 Å². The fourth-order valence-electron chi connectivity index (χ4n) is 1.88. The molecule has 0 fully saturated rings. The lowest BCUT2D eigenvalue weighted by Crippen LogP contribution is -2.03. The van der Waals surface area contributed by atoms with Crippen molar-refractivity contribution in [2.24, 2.45) is 0 Å². The smallest absolute Gasteiger partial charge is 0.172 e. The number of benzene rings is 1. The van der Waals surface area contributed by atoms with Gasteiger partial charge in [0.05, 0.1) is 21.7 Å². The van der Waals surface area contributed by atoms with Crippen LogP contribution in [0.3, 0.4) is 0 Å². The molecule has 0 aliphatic rings.